The second-order valence-corrected chi connectivity index (χ2v) is 9.43. The molecule has 2 nitrogen and oxygen atoms in total. The maximum absolute atomic E-state index is 4.59. The molecule has 38 heavy (non-hydrogen) atoms. The molecular weight excluding hydrogens is 460 g/mol. The first kappa shape index (κ1) is 22.1. The smallest absolute Gasteiger partial charge is 0.0702 e. The van der Waals surface area contributed by atoms with Crippen molar-refractivity contribution in [2.24, 2.45) is 0 Å². The van der Waals surface area contributed by atoms with Crippen LogP contribution >= 0.6 is 0 Å². The van der Waals surface area contributed by atoms with Gasteiger partial charge in [0.1, 0.15) is 0 Å². The minimum Gasteiger partial charge on any atom is -0.256 e. The highest BCUT2D eigenvalue weighted by atomic mass is 14.7. The largest absolute Gasteiger partial charge is 0.256 e. The molecule has 0 spiro atoms. The van der Waals surface area contributed by atoms with Gasteiger partial charge in [-0.25, -0.2) is 0 Å². The molecule has 0 aliphatic carbocycles. The van der Waals surface area contributed by atoms with Gasteiger partial charge in [0.05, 0.1) is 11.4 Å². The Labute approximate surface area is 221 Å². The van der Waals surface area contributed by atoms with Crippen molar-refractivity contribution in [3.8, 4) is 44.8 Å². The van der Waals surface area contributed by atoms with E-state index in [2.05, 4.69) is 119 Å². The lowest BCUT2D eigenvalue weighted by molar-refractivity contribution is 1.33. The van der Waals surface area contributed by atoms with Crippen molar-refractivity contribution in [2.75, 3.05) is 0 Å². The summed E-state index contributed by atoms with van der Waals surface area (Å²) < 4.78 is 0. The van der Waals surface area contributed by atoms with Gasteiger partial charge in [-0.05, 0) is 80.2 Å². The molecule has 0 saturated carbocycles. The first-order valence-electron chi connectivity index (χ1n) is 12.8. The fourth-order valence-corrected chi connectivity index (χ4v) is 5.49. The van der Waals surface area contributed by atoms with Crippen molar-refractivity contribution in [2.45, 2.75) is 0 Å². The molecule has 2 heterocycles. The van der Waals surface area contributed by atoms with E-state index < -0.39 is 0 Å². The third-order valence-electron chi connectivity index (χ3n) is 7.16. The van der Waals surface area contributed by atoms with E-state index in [1.54, 1.807) is 0 Å². The van der Waals surface area contributed by atoms with Crippen LogP contribution < -0.4 is 0 Å². The van der Waals surface area contributed by atoms with Gasteiger partial charge < -0.3 is 0 Å². The minimum atomic E-state index is 0.978. The highest BCUT2D eigenvalue weighted by Crippen LogP contribution is 2.44. The first-order chi connectivity index (χ1) is 18.9. The van der Waals surface area contributed by atoms with Crippen molar-refractivity contribution in [1.82, 2.24) is 9.97 Å². The lowest BCUT2D eigenvalue weighted by Gasteiger charge is -2.18. The van der Waals surface area contributed by atoms with Crippen LogP contribution in [0, 0.1) is 0 Å². The van der Waals surface area contributed by atoms with Gasteiger partial charge in [0, 0.05) is 23.5 Å². The fraction of sp³-hybridized carbons (Fsp3) is 0. The predicted octanol–water partition coefficient (Wildman–Crippen LogP) is 9.45. The number of nitrogens with zero attached hydrogens (tertiary/aromatic N) is 2. The number of hydrogen-bond acceptors (Lipinski definition) is 2. The number of benzene rings is 5. The highest BCUT2D eigenvalue weighted by Gasteiger charge is 2.17. The molecule has 0 aliphatic rings. The van der Waals surface area contributed by atoms with Crippen LogP contribution in [0.15, 0.2) is 146 Å². The van der Waals surface area contributed by atoms with E-state index >= 15 is 0 Å². The van der Waals surface area contributed by atoms with Crippen molar-refractivity contribution < 1.29 is 0 Å². The van der Waals surface area contributed by atoms with Crippen LogP contribution in [-0.4, -0.2) is 9.97 Å². The number of rotatable bonds is 4. The third-order valence-corrected chi connectivity index (χ3v) is 7.16. The Hall–Kier alpha value is -5.08. The minimum absolute atomic E-state index is 0.978. The Morgan fingerprint density at radius 3 is 1.05 bits per heavy atom. The van der Waals surface area contributed by atoms with E-state index in [0.717, 1.165) is 22.5 Å². The topological polar surface area (TPSA) is 25.8 Å². The summed E-state index contributed by atoms with van der Waals surface area (Å²) in [4.78, 5) is 9.18. The van der Waals surface area contributed by atoms with E-state index in [0.29, 0.717) is 0 Å². The van der Waals surface area contributed by atoms with Crippen LogP contribution in [0.4, 0.5) is 0 Å². The van der Waals surface area contributed by atoms with Gasteiger partial charge in [-0.15, -0.1) is 0 Å². The summed E-state index contributed by atoms with van der Waals surface area (Å²) in [5, 5.41) is 4.95. The van der Waals surface area contributed by atoms with Gasteiger partial charge in [-0.1, -0.05) is 97.1 Å². The van der Waals surface area contributed by atoms with Gasteiger partial charge in [0.2, 0.25) is 0 Å². The summed E-state index contributed by atoms with van der Waals surface area (Å²) in [6.07, 6.45) is 3.70. The maximum Gasteiger partial charge on any atom is 0.0702 e. The summed E-state index contributed by atoms with van der Waals surface area (Å²) in [5.74, 6) is 0. The van der Waals surface area contributed by atoms with Crippen molar-refractivity contribution in [3.05, 3.63) is 146 Å². The van der Waals surface area contributed by atoms with Crippen LogP contribution in [0.2, 0.25) is 0 Å². The monoisotopic (exact) mass is 484 g/mol. The molecule has 7 rings (SSSR count). The molecule has 0 unspecified atom stereocenters. The molecule has 5 aromatic carbocycles. The zero-order valence-corrected chi connectivity index (χ0v) is 20.8. The Morgan fingerprint density at radius 2 is 0.684 bits per heavy atom. The maximum atomic E-state index is 4.59. The van der Waals surface area contributed by atoms with Crippen LogP contribution in [0.1, 0.15) is 0 Å². The highest BCUT2D eigenvalue weighted by molar-refractivity contribution is 6.21. The molecule has 7 aromatic rings. The summed E-state index contributed by atoms with van der Waals surface area (Å²) in [5.41, 5.74) is 9.06. The normalized spacial score (nSPS) is 11.2. The summed E-state index contributed by atoms with van der Waals surface area (Å²) in [6, 6.07) is 47.1. The average molecular weight is 485 g/mol. The van der Waals surface area contributed by atoms with Gasteiger partial charge in [-0.2, -0.15) is 0 Å². The number of aromatic nitrogens is 2. The lowest BCUT2D eigenvalue weighted by Crippen LogP contribution is -1.92. The molecule has 0 saturated heterocycles. The van der Waals surface area contributed by atoms with Gasteiger partial charge in [0.15, 0.2) is 0 Å². The molecule has 0 bridgehead atoms. The Bertz CT molecular complexity index is 1710. The van der Waals surface area contributed by atoms with Gasteiger partial charge in [0.25, 0.3) is 0 Å². The number of pyridine rings is 2. The van der Waals surface area contributed by atoms with Crippen molar-refractivity contribution in [3.63, 3.8) is 0 Å². The zero-order valence-electron chi connectivity index (χ0n) is 20.8. The number of hydrogen-bond donors (Lipinski definition) is 0. The van der Waals surface area contributed by atoms with Crippen LogP contribution in [0.25, 0.3) is 66.3 Å². The fourth-order valence-electron chi connectivity index (χ4n) is 5.49. The lowest BCUT2D eigenvalue weighted by atomic mass is 9.85. The van der Waals surface area contributed by atoms with Crippen LogP contribution in [0.5, 0.6) is 0 Å². The zero-order chi connectivity index (χ0) is 25.3. The standard InChI is InChI=1S/C36H24N2/c1-2-16-30-29(15-1)35(27-13-9-11-25(23-27)33-19-5-7-21-37-33)31-17-3-4-18-32(31)36(30)28-14-10-12-26(24-28)34-20-6-8-22-38-34/h1-24H. The molecule has 2 heteroatoms. The van der Waals surface area contributed by atoms with E-state index in [4.69, 9.17) is 0 Å². The summed E-state index contributed by atoms with van der Waals surface area (Å²) in [6.45, 7) is 0. The molecule has 2 aromatic heterocycles. The molecule has 178 valence electrons. The van der Waals surface area contributed by atoms with Gasteiger partial charge >= 0.3 is 0 Å². The van der Waals surface area contributed by atoms with E-state index in [-0.39, 0.29) is 0 Å². The quantitative estimate of drug-likeness (QED) is 0.233. The molecule has 0 N–H and O–H groups in total. The Kier molecular flexibility index (Phi) is 5.49. The van der Waals surface area contributed by atoms with Crippen LogP contribution in [0.3, 0.4) is 0 Å². The Morgan fingerprint density at radius 1 is 0.316 bits per heavy atom. The molecule has 0 fully saturated rings. The van der Waals surface area contributed by atoms with Crippen LogP contribution in [-0.2, 0) is 0 Å². The Balaban J connectivity index is 1.51. The predicted molar refractivity (Wildman–Crippen MR) is 159 cm³/mol. The second-order valence-electron chi connectivity index (χ2n) is 9.43. The van der Waals surface area contributed by atoms with Gasteiger partial charge in [-0.3, -0.25) is 9.97 Å². The van der Waals surface area contributed by atoms with E-state index in [1.165, 1.54) is 43.8 Å². The summed E-state index contributed by atoms with van der Waals surface area (Å²) in [7, 11) is 0. The second kappa shape index (κ2) is 9.42. The molecule has 0 atom stereocenters. The molecule has 0 aliphatic heterocycles. The third kappa shape index (κ3) is 3.84. The average Bonchev–Trinajstić information content (AvgIpc) is 3.01. The number of fused-ring (bicyclic) bond motifs is 2. The summed E-state index contributed by atoms with van der Waals surface area (Å²) >= 11 is 0. The first-order valence-corrected chi connectivity index (χ1v) is 12.8. The molecular formula is C36H24N2. The molecule has 0 amide bonds. The molecule has 0 radical (unpaired) electrons. The van der Waals surface area contributed by atoms with E-state index in [1.807, 2.05) is 36.7 Å². The van der Waals surface area contributed by atoms with Crippen molar-refractivity contribution >= 4 is 21.5 Å². The SMILES string of the molecule is c1ccc(-c2cccc(-c3c4ccccc4c(-c4cccc(-c5ccccn5)c4)c4ccccc34)c2)nc1. The van der Waals surface area contributed by atoms with Crippen molar-refractivity contribution in [1.29, 1.82) is 0 Å². The van der Waals surface area contributed by atoms with E-state index in [9.17, 15) is 0 Å².